The third-order valence-corrected chi connectivity index (χ3v) is 12.8. The van der Waals surface area contributed by atoms with Gasteiger partial charge in [0, 0.05) is 37.4 Å². The van der Waals surface area contributed by atoms with Gasteiger partial charge in [-0.25, -0.2) is 0 Å². The van der Waals surface area contributed by atoms with E-state index in [0.29, 0.717) is 5.92 Å². The number of hydrogen-bond acceptors (Lipinski definition) is 3. The molecule has 299 valence electrons. The van der Waals surface area contributed by atoms with Gasteiger partial charge in [-0.15, -0.1) is 53.6 Å². The minimum absolute atomic E-state index is 0. The fraction of sp³-hybridized carbons (Fsp3) is 0.208. The number of para-hydroxylation sites is 4. The smallest absolute Gasteiger partial charge is 0.120 e. The molecule has 0 saturated heterocycles. The molecule has 3 aromatic heterocycles. The molecule has 0 amide bonds. The van der Waals surface area contributed by atoms with Gasteiger partial charge in [0.25, 0.3) is 0 Å². The van der Waals surface area contributed by atoms with E-state index in [0.717, 1.165) is 67.7 Å². The molecule has 0 atom stereocenters. The third kappa shape index (κ3) is 8.68. The van der Waals surface area contributed by atoms with Crippen molar-refractivity contribution >= 4 is 46.2 Å². The molecule has 0 N–H and O–H groups in total. The molecule has 0 fully saturated rings. The van der Waals surface area contributed by atoms with Gasteiger partial charge in [-0.3, -0.25) is 4.98 Å². The first kappa shape index (κ1) is 41.8. The molecule has 9 rings (SSSR count). The van der Waals surface area contributed by atoms with Gasteiger partial charge < -0.3 is 14.0 Å². The van der Waals surface area contributed by atoms with Crippen LogP contribution in [0.25, 0.3) is 72.4 Å². The normalized spacial score (nSPS) is 11.8. The second kappa shape index (κ2) is 17.1. The van der Waals surface area contributed by atoms with E-state index in [2.05, 4.69) is 174 Å². The number of benzene rings is 6. The van der Waals surface area contributed by atoms with Gasteiger partial charge in [0.2, 0.25) is 0 Å². The summed E-state index contributed by atoms with van der Waals surface area (Å²) in [7, 11) is -1.40. The van der Waals surface area contributed by atoms with Crippen LogP contribution in [-0.4, -0.2) is 22.6 Å². The Bertz CT molecular complexity index is 2880. The molecule has 4 nitrogen and oxygen atoms in total. The number of imidazole rings is 1. The Morgan fingerprint density at radius 1 is 0.729 bits per heavy atom. The van der Waals surface area contributed by atoms with E-state index in [1.54, 1.807) is 0 Å². The molecule has 0 unspecified atom stereocenters. The van der Waals surface area contributed by atoms with E-state index in [1.807, 2.05) is 42.5 Å². The maximum atomic E-state index is 6.34. The average molecular weight is 966 g/mol. The Kier molecular flexibility index (Phi) is 12.1. The SMILES string of the molecule is CC(C)(C)c1ccccc1-n1c(-c2[c-]ccc3c2oc2ccccc23)nc2ccccc21.CC(C)Cc1cc(-c2[c-]ccc(-c3ccccc3)c2)ncc1[Si](C)(C)C.[Ir]. The van der Waals surface area contributed by atoms with Crippen LogP contribution in [0.3, 0.4) is 0 Å². The summed E-state index contributed by atoms with van der Waals surface area (Å²) in [5.41, 5.74) is 13.0. The van der Waals surface area contributed by atoms with Gasteiger partial charge in [-0.1, -0.05) is 156 Å². The summed E-state index contributed by atoms with van der Waals surface area (Å²) in [4.78, 5) is 9.90. The van der Waals surface area contributed by atoms with Crippen molar-refractivity contribution in [3.05, 3.63) is 169 Å². The summed E-state index contributed by atoms with van der Waals surface area (Å²) < 4.78 is 8.60. The summed E-state index contributed by atoms with van der Waals surface area (Å²) >= 11 is 0. The molecule has 0 bridgehead atoms. The number of pyridine rings is 1. The van der Waals surface area contributed by atoms with Crippen molar-refractivity contribution in [1.29, 1.82) is 0 Å². The molecular weight excluding hydrogens is 915 g/mol. The van der Waals surface area contributed by atoms with Crippen molar-refractivity contribution in [2.75, 3.05) is 0 Å². The first-order chi connectivity index (χ1) is 27.9. The van der Waals surface area contributed by atoms with E-state index in [4.69, 9.17) is 14.4 Å². The van der Waals surface area contributed by atoms with Crippen LogP contribution in [0.15, 0.2) is 150 Å². The Labute approximate surface area is 363 Å². The molecule has 1 radical (unpaired) electrons. The molecule has 59 heavy (non-hydrogen) atoms. The number of aromatic nitrogens is 3. The third-order valence-electron chi connectivity index (χ3n) is 10.7. The van der Waals surface area contributed by atoms with E-state index in [9.17, 15) is 0 Å². The van der Waals surface area contributed by atoms with E-state index >= 15 is 0 Å². The van der Waals surface area contributed by atoms with Crippen LogP contribution in [0.5, 0.6) is 0 Å². The van der Waals surface area contributed by atoms with Crippen LogP contribution in [0, 0.1) is 18.1 Å². The molecule has 0 saturated carbocycles. The first-order valence-electron chi connectivity index (χ1n) is 20.3. The molecule has 0 aliphatic rings. The van der Waals surface area contributed by atoms with Crippen LogP contribution < -0.4 is 5.19 Å². The van der Waals surface area contributed by atoms with Crippen molar-refractivity contribution in [3.8, 4) is 39.5 Å². The Morgan fingerprint density at radius 2 is 1.42 bits per heavy atom. The largest absolute Gasteiger partial charge is 0.501 e. The Morgan fingerprint density at radius 3 is 2.19 bits per heavy atom. The summed E-state index contributed by atoms with van der Waals surface area (Å²) in [6.07, 6.45) is 3.23. The second-order valence-electron chi connectivity index (χ2n) is 17.7. The summed E-state index contributed by atoms with van der Waals surface area (Å²) in [6, 6.07) is 55.0. The fourth-order valence-electron chi connectivity index (χ4n) is 7.95. The zero-order valence-corrected chi connectivity index (χ0v) is 38.6. The van der Waals surface area contributed by atoms with Crippen molar-refractivity contribution in [1.82, 2.24) is 14.5 Å². The summed E-state index contributed by atoms with van der Waals surface area (Å²) in [6.45, 7) is 18.5. The van der Waals surface area contributed by atoms with Crippen LogP contribution in [-0.2, 0) is 31.9 Å². The zero-order chi connectivity index (χ0) is 40.6. The molecule has 0 aliphatic carbocycles. The summed E-state index contributed by atoms with van der Waals surface area (Å²) in [5.74, 6) is 1.48. The van der Waals surface area contributed by atoms with E-state index in [1.165, 1.54) is 27.4 Å². The molecule has 0 spiro atoms. The van der Waals surface area contributed by atoms with Crippen molar-refractivity contribution < 1.29 is 24.5 Å². The van der Waals surface area contributed by atoms with Gasteiger partial charge in [0.15, 0.2) is 0 Å². The van der Waals surface area contributed by atoms with Crippen LogP contribution >= 0.6 is 0 Å². The van der Waals surface area contributed by atoms with Gasteiger partial charge in [-0.2, -0.15) is 0 Å². The van der Waals surface area contributed by atoms with Crippen molar-refractivity contribution in [3.63, 3.8) is 0 Å². The maximum absolute atomic E-state index is 6.34. The number of rotatable bonds is 7. The number of furan rings is 1. The van der Waals surface area contributed by atoms with Gasteiger partial charge in [0.05, 0.1) is 30.5 Å². The topological polar surface area (TPSA) is 43.9 Å². The number of hydrogen-bond donors (Lipinski definition) is 0. The first-order valence-corrected chi connectivity index (χ1v) is 23.8. The molecule has 6 aromatic carbocycles. The Balaban J connectivity index is 0.000000180. The molecule has 6 heteroatoms. The minimum Gasteiger partial charge on any atom is -0.501 e. The average Bonchev–Trinajstić information content (AvgIpc) is 3.79. The number of fused-ring (bicyclic) bond motifs is 4. The molecule has 3 heterocycles. The standard InChI is InChI=1S/C29H23N2O.C24H28NSi.Ir/c1-29(2,3)22-14-5-7-16-24(22)31-25-17-8-6-15-23(25)30-28(31)21-13-10-12-20-19-11-4-9-18-26(19)32-27(20)21;1-18(2)14-22-16-23(25-17-24(22)26(3,4)5)21-13-9-12-20(15-21)19-10-7-6-8-11-19;/h4-12,14-18H,1-3H3;6-12,15-18H,14H2,1-5H3;/q2*-1;. The fourth-order valence-corrected chi connectivity index (χ4v) is 9.54. The van der Waals surface area contributed by atoms with Gasteiger partial charge >= 0.3 is 0 Å². The predicted molar refractivity (Wildman–Crippen MR) is 247 cm³/mol. The minimum atomic E-state index is -1.40. The maximum Gasteiger partial charge on any atom is 0.120 e. The van der Waals surface area contributed by atoms with E-state index in [-0.39, 0.29) is 25.5 Å². The molecular formula is C53H51IrN3OSi-2. The summed E-state index contributed by atoms with van der Waals surface area (Å²) in [5, 5.41) is 3.67. The zero-order valence-electron chi connectivity index (χ0n) is 35.2. The van der Waals surface area contributed by atoms with Crippen LogP contribution in [0.1, 0.15) is 45.7 Å². The van der Waals surface area contributed by atoms with Crippen LogP contribution in [0.2, 0.25) is 19.6 Å². The number of nitrogens with zero attached hydrogens (tertiary/aromatic N) is 3. The molecule has 9 aromatic rings. The quantitative estimate of drug-likeness (QED) is 0.118. The van der Waals surface area contributed by atoms with Crippen molar-refractivity contribution in [2.45, 2.75) is 66.1 Å². The second-order valence-corrected chi connectivity index (χ2v) is 22.7. The van der Waals surface area contributed by atoms with Gasteiger partial charge in [-0.05, 0) is 64.0 Å². The van der Waals surface area contributed by atoms with E-state index < -0.39 is 8.07 Å². The van der Waals surface area contributed by atoms with Crippen molar-refractivity contribution in [2.24, 2.45) is 5.92 Å². The Hall–Kier alpha value is -5.39. The monoisotopic (exact) mass is 966 g/mol. The van der Waals surface area contributed by atoms with Gasteiger partial charge in [0.1, 0.15) is 5.58 Å². The predicted octanol–water partition coefficient (Wildman–Crippen LogP) is 13.6. The molecule has 0 aliphatic heterocycles. The van der Waals surface area contributed by atoms with Crippen LogP contribution in [0.4, 0.5) is 0 Å².